The molecule has 0 aliphatic heterocycles. The first kappa shape index (κ1) is 26.0. The van der Waals surface area contributed by atoms with Gasteiger partial charge in [-0.1, -0.05) is 72.8 Å². The van der Waals surface area contributed by atoms with E-state index >= 15 is 0 Å². The number of hydrogen-bond acceptors (Lipinski definition) is 10. The van der Waals surface area contributed by atoms with Crippen LogP contribution in [0.3, 0.4) is 0 Å². The lowest BCUT2D eigenvalue weighted by molar-refractivity contribution is -0.102. The summed E-state index contributed by atoms with van der Waals surface area (Å²) in [6.45, 7) is 0. The van der Waals surface area contributed by atoms with Crippen LogP contribution in [0.5, 0.6) is 0 Å². The highest BCUT2D eigenvalue weighted by molar-refractivity contribution is 6.05. The second-order valence-electron chi connectivity index (χ2n) is 8.36. The second-order valence-corrected chi connectivity index (χ2v) is 8.36. The molecule has 5 aromatic carbocycles. The summed E-state index contributed by atoms with van der Waals surface area (Å²) in [4.78, 5) is 68.6. The number of nitrogens with one attached hydrogen (secondary N) is 2. The van der Waals surface area contributed by atoms with Crippen molar-refractivity contribution in [2.45, 2.75) is 0 Å². The molecule has 0 saturated heterocycles. The first-order chi connectivity index (χ1) is 19.5. The first-order valence-corrected chi connectivity index (χ1v) is 11.9. The Hall–Kier alpha value is -5.58. The fraction of sp³-hybridized carbons (Fsp3) is 0. The van der Waals surface area contributed by atoms with Crippen LogP contribution in [0.4, 0.5) is 0 Å². The Balaban J connectivity index is 1.10. The lowest BCUT2D eigenvalue weighted by atomic mass is 10.1. The van der Waals surface area contributed by atoms with Gasteiger partial charge in [-0.25, -0.2) is 19.2 Å². The predicted octanol–water partition coefficient (Wildman–Crippen LogP) is 4.86. The molecule has 0 aromatic heterocycles. The van der Waals surface area contributed by atoms with Crippen LogP contribution in [0.1, 0.15) is 41.4 Å². The number of hydrogen-bond donors (Lipinski definition) is 2. The van der Waals surface area contributed by atoms with Crippen molar-refractivity contribution in [3.63, 3.8) is 0 Å². The topological polar surface area (TPSA) is 129 Å². The molecule has 0 amide bonds. The molecule has 5 aromatic rings. The van der Waals surface area contributed by atoms with Gasteiger partial charge in [0.25, 0.3) is 0 Å². The maximum atomic E-state index is 12.4. The number of carbonyl (C=O) groups is 4. The number of benzene rings is 5. The minimum absolute atomic E-state index is 0.0561. The first-order valence-electron chi connectivity index (χ1n) is 11.9. The molecule has 0 atom stereocenters. The quantitative estimate of drug-likeness (QED) is 0.265. The standard InChI is InChI=1S/C30H20N2O8/c33-27(37-31-39-29(35)25-13-5-9-19-7-1-3-11-23(19)25)21-15-17-22(18-16-21)28(34)38-32-40-30(36)26-14-6-10-20-8-2-4-12-24(20)26/h1-18,31-32H. The van der Waals surface area contributed by atoms with E-state index in [9.17, 15) is 19.2 Å². The third kappa shape index (κ3) is 5.78. The van der Waals surface area contributed by atoms with E-state index in [1.807, 2.05) is 47.7 Å². The summed E-state index contributed by atoms with van der Waals surface area (Å²) in [5.41, 5.74) is 4.49. The normalized spacial score (nSPS) is 10.6. The monoisotopic (exact) mass is 536 g/mol. The Morgan fingerprint density at radius 3 is 1.18 bits per heavy atom. The average molecular weight is 536 g/mol. The van der Waals surface area contributed by atoms with Gasteiger partial charge < -0.3 is 19.4 Å². The van der Waals surface area contributed by atoms with Gasteiger partial charge in [0, 0.05) is 11.3 Å². The van der Waals surface area contributed by atoms with Crippen LogP contribution in [-0.4, -0.2) is 23.9 Å². The van der Waals surface area contributed by atoms with E-state index in [1.54, 1.807) is 48.5 Å². The van der Waals surface area contributed by atoms with Gasteiger partial charge in [-0.05, 0) is 57.9 Å². The van der Waals surface area contributed by atoms with E-state index in [0.717, 1.165) is 10.8 Å². The van der Waals surface area contributed by atoms with Crippen molar-refractivity contribution in [3.05, 3.63) is 131 Å². The van der Waals surface area contributed by atoms with Gasteiger partial charge in [0.15, 0.2) is 0 Å². The van der Waals surface area contributed by atoms with Crippen molar-refractivity contribution in [2.24, 2.45) is 0 Å². The SMILES string of the molecule is O=C(ONOC(=O)c1cccc2ccccc12)c1ccc(C(=O)ONOC(=O)c2cccc3ccccc23)cc1. The van der Waals surface area contributed by atoms with Gasteiger partial charge in [-0.2, -0.15) is 0 Å². The molecule has 40 heavy (non-hydrogen) atoms. The van der Waals surface area contributed by atoms with Crippen LogP contribution in [0.15, 0.2) is 109 Å². The fourth-order valence-corrected chi connectivity index (χ4v) is 3.97. The van der Waals surface area contributed by atoms with Crippen LogP contribution in [0.25, 0.3) is 21.5 Å². The van der Waals surface area contributed by atoms with E-state index in [1.165, 1.54) is 24.3 Å². The van der Waals surface area contributed by atoms with Crippen molar-refractivity contribution < 1.29 is 38.5 Å². The van der Waals surface area contributed by atoms with E-state index < -0.39 is 23.9 Å². The van der Waals surface area contributed by atoms with Gasteiger partial charge in [-0.15, -0.1) is 0 Å². The third-order valence-electron chi connectivity index (χ3n) is 5.91. The molecule has 0 fully saturated rings. The average Bonchev–Trinajstić information content (AvgIpc) is 3.00. The van der Waals surface area contributed by atoms with E-state index in [4.69, 9.17) is 19.4 Å². The third-order valence-corrected chi connectivity index (χ3v) is 5.91. The largest absolute Gasteiger partial charge is 0.360 e. The lowest BCUT2D eigenvalue weighted by Gasteiger charge is -2.09. The van der Waals surface area contributed by atoms with Crippen molar-refractivity contribution in [3.8, 4) is 0 Å². The zero-order valence-corrected chi connectivity index (χ0v) is 20.7. The molecule has 2 N–H and O–H groups in total. The van der Waals surface area contributed by atoms with Crippen LogP contribution in [0.2, 0.25) is 0 Å². The maximum absolute atomic E-state index is 12.4. The molecule has 0 saturated carbocycles. The van der Waals surface area contributed by atoms with Crippen molar-refractivity contribution in [2.75, 3.05) is 0 Å². The van der Waals surface area contributed by atoms with Crippen LogP contribution >= 0.6 is 0 Å². The molecule has 0 unspecified atom stereocenters. The summed E-state index contributed by atoms with van der Waals surface area (Å²) < 4.78 is 0. The summed E-state index contributed by atoms with van der Waals surface area (Å²) >= 11 is 0. The summed E-state index contributed by atoms with van der Waals surface area (Å²) in [5, 5.41) is 3.07. The molecule has 0 bridgehead atoms. The number of fused-ring (bicyclic) bond motifs is 2. The molecule has 198 valence electrons. The zero-order valence-electron chi connectivity index (χ0n) is 20.7. The molecular formula is C30H20N2O8. The van der Waals surface area contributed by atoms with Crippen LogP contribution in [0, 0.1) is 0 Å². The van der Waals surface area contributed by atoms with Crippen molar-refractivity contribution in [1.82, 2.24) is 11.3 Å². The minimum atomic E-state index is -0.868. The molecule has 0 spiro atoms. The Labute approximate surface area is 226 Å². The van der Waals surface area contributed by atoms with E-state index in [0.29, 0.717) is 21.9 Å². The van der Waals surface area contributed by atoms with Crippen molar-refractivity contribution in [1.29, 1.82) is 0 Å². The highest BCUT2D eigenvalue weighted by atomic mass is 16.9. The second kappa shape index (κ2) is 11.9. The van der Waals surface area contributed by atoms with Gasteiger partial charge in [0.05, 0.1) is 22.3 Å². The molecule has 5 rings (SSSR count). The molecule has 10 heteroatoms. The van der Waals surface area contributed by atoms with Crippen LogP contribution < -0.4 is 11.3 Å². The molecular weight excluding hydrogens is 516 g/mol. The molecule has 0 heterocycles. The van der Waals surface area contributed by atoms with Crippen LogP contribution in [-0.2, 0) is 19.4 Å². The Bertz CT molecular complexity index is 1590. The van der Waals surface area contributed by atoms with E-state index in [-0.39, 0.29) is 11.1 Å². The molecule has 10 nitrogen and oxygen atoms in total. The Kier molecular flexibility index (Phi) is 7.72. The van der Waals surface area contributed by atoms with Gasteiger partial charge in [-0.3, -0.25) is 0 Å². The molecule has 0 aliphatic carbocycles. The Morgan fingerprint density at radius 2 is 0.750 bits per heavy atom. The van der Waals surface area contributed by atoms with Gasteiger partial charge in [0.2, 0.25) is 0 Å². The summed E-state index contributed by atoms with van der Waals surface area (Å²) in [5.74, 6) is -3.21. The summed E-state index contributed by atoms with van der Waals surface area (Å²) in [7, 11) is 0. The minimum Gasteiger partial charge on any atom is -0.331 e. The summed E-state index contributed by atoms with van der Waals surface area (Å²) in [6, 6.07) is 30.0. The lowest BCUT2D eigenvalue weighted by Crippen LogP contribution is -2.25. The number of rotatable bonds is 8. The Morgan fingerprint density at radius 1 is 0.400 bits per heavy atom. The molecule has 0 aliphatic rings. The smallest absolute Gasteiger partial charge is 0.331 e. The fourth-order valence-electron chi connectivity index (χ4n) is 3.97. The van der Waals surface area contributed by atoms with E-state index in [2.05, 4.69) is 0 Å². The highest BCUT2D eigenvalue weighted by Crippen LogP contribution is 2.20. The van der Waals surface area contributed by atoms with Gasteiger partial charge in [0.1, 0.15) is 0 Å². The molecule has 0 radical (unpaired) electrons. The van der Waals surface area contributed by atoms with Crippen molar-refractivity contribution >= 4 is 45.4 Å². The van der Waals surface area contributed by atoms with Gasteiger partial charge >= 0.3 is 23.9 Å². The number of carbonyl (C=O) groups excluding carboxylic acids is 4. The zero-order chi connectivity index (χ0) is 27.9. The highest BCUT2D eigenvalue weighted by Gasteiger charge is 2.16. The summed E-state index contributed by atoms with van der Waals surface area (Å²) in [6.07, 6.45) is 0. The maximum Gasteiger partial charge on any atom is 0.360 e. The predicted molar refractivity (Wildman–Crippen MR) is 142 cm³/mol.